The third kappa shape index (κ3) is 2.95. The number of carbonyl (C=O) groups is 3. The van der Waals surface area contributed by atoms with Gasteiger partial charge in [-0.05, 0) is 18.4 Å². The minimum absolute atomic E-state index is 0.178. The number of rotatable bonds is 5. The fourth-order valence-electron chi connectivity index (χ4n) is 2.63. The summed E-state index contributed by atoms with van der Waals surface area (Å²) in [6, 6.07) is 8.70. The lowest BCUT2D eigenvalue weighted by Crippen LogP contribution is -2.42. The minimum Gasteiger partial charge on any atom is -0.341 e. The second-order valence-corrected chi connectivity index (χ2v) is 5.85. The summed E-state index contributed by atoms with van der Waals surface area (Å²) in [6.07, 6.45) is 2.44. The average Bonchev–Trinajstić information content (AvgIpc) is 3.32. The maximum Gasteiger partial charge on any atom is 0.325 e. The van der Waals surface area contributed by atoms with Crippen molar-refractivity contribution >= 4 is 17.8 Å². The molecule has 2 fully saturated rings. The highest BCUT2D eigenvalue weighted by atomic mass is 16.2. The van der Waals surface area contributed by atoms with Gasteiger partial charge in [0.25, 0.3) is 5.91 Å². The molecule has 3 rings (SSSR count). The predicted octanol–water partition coefficient (Wildman–Crippen LogP) is 0.770. The zero-order valence-corrected chi connectivity index (χ0v) is 12.5. The molecule has 1 aromatic rings. The molecule has 0 bridgehead atoms. The first-order valence-corrected chi connectivity index (χ1v) is 7.47. The van der Waals surface area contributed by atoms with E-state index in [4.69, 9.17) is 0 Å². The van der Waals surface area contributed by atoms with Gasteiger partial charge in [-0.15, -0.1) is 0 Å². The van der Waals surface area contributed by atoms with E-state index in [-0.39, 0.29) is 24.4 Å². The topological polar surface area (TPSA) is 69.7 Å². The van der Waals surface area contributed by atoms with Gasteiger partial charge in [0, 0.05) is 19.5 Å². The van der Waals surface area contributed by atoms with Crippen LogP contribution < -0.4 is 5.32 Å². The van der Waals surface area contributed by atoms with Gasteiger partial charge in [-0.1, -0.05) is 30.3 Å². The SMILES string of the molecule is CN(C(=O)CN1C(=O)NC(Cc2ccccc2)C1=O)C1CC1. The van der Waals surface area contributed by atoms with Gasteiger partial charge in [0.15, 0.2) is 0 Å². The molecule has 0 spiro atoms. The lowest BCUT2D eigenvalue weighted by molar-refractivity contribution is -0.136. The minimum atomic E-state index is -0.589. The molecular weight excluding hydrogens is 282 g/mol. The molecule has 2 aliphatic rings. The molecule has 1 atom stereocenters. The highest BCUT2D eigenvalue weighted by Crippen LogP contribution is 2.25. The number of hydrogen-bond donors (Lipinski definition) is 1. The highest BCUT2D eigenvalue weighted by Gasteiger charge is 2.40. The molecule has 1 saturated heterocycles. The molecule has 1 aliphatic heterocycles. The van der Waals surface area contributed by atoms with E-state index in [1.165, 1.54) is 0 Å². The third-order valence-electron chi connectivity index (χ3n) is 4.17. The third-order valence-corrected chi connectivity index (χ3v) is 4.17. The summed E-state index contributed by atoms with van der Waals surface area (Å²) in [4.78, 5) is 39.0. The van der Waals surface area contributed by atoms with Crippen LogP contribution >= 0.6 is 0 Å². The lowest BCUT2D eigenvalue weighted by Gasteiger charge is -2.19. The molecule has 1 saturated carbocycles. The number of nitrogens with zero attached hydrogens (tertiary/aromatic N) is 2. The molecular formula is C16H19N3O3. The van der Waals surface area contributed by atoms with Crippen molar-refractivity contribution < 1.29 is 14.4 Å². The first-order valence-electron chi connectivity index (χ1n) is 7.47. The molecule has 0 aromatic heterocycles. The number of amides is 4. The monoisotopic (exact) mass is 301 g/mol. The van der Waals surface area contributed by atoms with Crippen LogP contribution in [0.25, 0.3) is 0 Å². The van der Waals surface area contributed by atoms with Crippen molar-refractivity contribution in [1.82, 2.24) is 15.1 Å². The van der Waals surface area contributed by atoms with E-state index in [1.807, 2.05) is 30.3 Å². The molecule has 1 aliphatic carbocycles. The van der Waals surface area contributed by atoms with Gasteiger partial charge in [0.2, 0.25) is 5.91 Å². The summed E-state index contributed by atoms with van der Waals surface area (Å²) in [7, 11) is 1.72. The van der Waals surface area contributed by atoms with Crippen molar-refractivity contribution in [3.8, 4) is 0 Å². The second-order valence-electron chi connectivity index (χ2n) is 5.85. The van der Waals surface area contributed by atoms with Crippen molar-refractivity contribution in [1.29, 1.82) is 0 Å². The maximum atomic E-state index is 12.3. The predicted molar refractivity (Wildman–Crippen MR) is 80.0 cm³/mol. The Morgan fingerprint density at radius 1 is 1.27 bits per heavy atom. The Kier molecular flexibility index (Phi) is 3.83. The van der Waals surface area contributed by atoms with E-state index in [9.17, 15) is 14.4 Å². The van der Waals surface area contributed by atoms with Crippen LogP contribution in [0.1, 0.15) is 18.4 Å². The first kappa shape index (κ1) is 14.6. The normalized spacial score (nSPS) is 21.0. The summed E-state index contributed by atoms with van der Waals surface area (Å²) in [5.74, 6) is -0.516. The lowest BCUT2D eigenvalue weighted by atomic mass is 10.1. The number of carbonyl (C=O) groups excluding carboxylic acids is 3. The fourth-order valence-corrected chi connectivity index (χ4v) is 2.63. The largest absolute Gasteiger partial charge is 0.341 e. The molecule has 1 heterocycles. The summed E-state index contributed by atoms with van der Waals surface area (Å²) in [5, 5.41) is 2.66. The zero-order chi connectivity index (χ0) is 15.7. The Labute approximate surface area is 129 Å². The Bertz CT molecular complexity index is 598. The first-order chi connectivity index (χ1) is 10.6. The molecule has 6 heteroatoms. The smallest absolute Gasteiger partial charge is 0.325 e. The van der Waals surface area contributed by atoms with Crippen molar-refractivity contribution in [2.75, 3.05) is 13.6 Å². The quantitative estimate of drug-likeness (QED) is 0.817. The van der Waals surface area contributed by atoms with Crippen LogP contribution in [-0.2, 0) is 16.0 Å². The fraction of sp³-hybridized carbons (Fsp3) is 0.438. The Balaban J connectivity index is 1.62. The average molecular weight is 301 g/mol. The summed E-state index contributed by atoms with van der Waals surface area (Å²) >= 11 is 0. The van der Waals surface area contributed by atoms with Crippen LogP contribution in [0.5, 0.6) is 0 Å². The van der Waals surface area contributed by atoms with Gasteiger partial charge in [-0.3, -0.25) is 14.5 Å². The molecule has 1 aromatic carbocycles. The van der Waals surface area contributed by atoms with Crippen LogP contribution in [0.15, 0.2) is 30.3 Å². The molecule has 1 unspecified atom stereocenters. The molecule has 1 N–H and O–H groups in total. The van der Waals surface area contributed by atoms with E-state index in [1.54, 1.807) is 11.9 Å². The zero-order valence-electron chi connectivity index (χ0n) is 12.5. The molecule has 6 nitrogen and oxygen atoms in total. The van der Waals surface area contributed by atoms with Crippen LogP contribution in [0.4, 0.5) is 4.79 Å². The van der Waals surface area contributed by atoms with Crippen LogP contribution in [0, 0.1) is 0 Å². The number of likely N-dealkylation sites (N-methyl/N-ethyl adjacent to an activating group) is 1. The number of nitrogens with one attached hydrogen (secondary N) is 1. The van der Waals surface area contributed by atoms with E-state index in [0.717, 1.165) is 23.3 Å². The number of urea groups is 1. The molecule has 4 amide bonds. The Morgan fingerprint density at radius 2 is 1.95 bits per heavy atom. The van der Waals surface area contributed by atoms with E-state index >= 15 is 0 Å². The van der Waals surface area contributed by atoms with Crippen molar-refractivity contribution in [2.24, 2.45) is 0 Å². The van der Waals surface area contributed by atoms with Crippen LogP contribution in [0.2, 0.25) is 0 Å². The number of hydrogen-bond acceptors (Lipinski definition) is 3. The number of benzene rings is 1. The van der Waals surface area contributed by atoms with Gasteiger partial charge in [0.1, 0.15) is 12.6 Å². The van der Waals surface area contributed by atoms with Gasteiger partial charge in [0.05, 0.1) is 0 Å². The van der Waals surface area contributed by atoms with Crippen molar-refractivity contribution in [3.05, 3.63) is 35.9 Å². The standard InChI is InChI=1S/C16H19N3O3/c1-18(12-7-8-12)14(20)10-19-15(21)13(17-16(19)22)9-11-5-3-2-4-6-11/h2-6,12-13H,7-10H2,1H3,(H,17,22). The molecule has 22 heavy (non-hydrogen) atoms. The van der Waals surface area contributed by atoms with Crippen LogP contribution in [-0.4, -0.2) is 53.3 Å². The second kappa shape index (κ2) is 5.79. The van der Waals surface area contributed by atoms with Gasteiger partial charge in [-0.2, -0.15) is 0 Å². The van der Waals surface area contributed by atoms with Crippen LogP contribution in [0.3, 0.4) is 0 Å². The van der Waals surface area contributed by atoms with Gasteiger partial charge >= 0.3 is 6.03 Å². The van der Waals surface area contributed by atoms with E-state index in [0.29, 0.717) is 6.42 Å². The van der Waals surface area contributed by atoms with E-state index < -0.39 is 12.1 Å². The van der Waals surface area contributed by atoms with Crippen molar-refractivity contribution in [2.45, 2.75) is 31.3 Å². The molecule has 0 radical (unpaired) electrons. The molecule has 116 valence electrons. The summed E-state index contributed by atoms with van der Waals surface area (Å²) in [5.41, 5.74) is 0.976. The number of imide groups is 1. The Morgan fingerprint density at radius 3 is 2.59 bits per heavy atom. The summed E-state index contributed by atoms with van der Waals surface area (Å²) in [6.45, 7) is -0.178. The van der Waals surface area contributed by atoms with Crippen molar-refractivity contribution in [3.63, 3.8) is 0 Å². The van der Waals surface area contributed by atoms with Gasteiger partial charge < -0.3 is 10.2 Å². The maximum absolute atomic E-state index is 12.3. The Hall–Kier alpha value is -2.37. The van der Waals surface area contributed by atoms with Gasteiger partial charge in [-0.25, -0.2) is 4.79 Å². The summed E-state index contributed by atoms with van der Waals surface area (Å²) < 4.78 is 0. The highest BCUT2D eigenvalue weighted by molar-refractivity contribution is 6.06. The van der Waals surface area contributed by atoms with E-state index in [2.05, 4.69) is 5.32 Å².